The molecule has 1 aliphatic carbocycles. The highest BCUT2D eigenvalue weighted by molar-refractivity contribution is 6.22. The number of nitrogens with one attached hydrogen (secondary N) is 2. The molecule has 35 heavy (non-hydrogen) atoms. The second-order valence-corrected chi connectivity index (χ2v) is 9.28. The molecule has 0 unspecified atom stereocenters. The molecule has 9 nitrogen and oxygen atoms in total. The molecule has 3 amide bonds. The highest BCUT2D eigenvalue weighted by Gasteiger charge is 2.36. The molecular formula is C26H28N6O3. The second-order valence-electron chi connectivity index (χ2n) is 9.28. The van der Waals surface area contributed by atoms with Crippen LogP contribution in [0.5, 0.6) is 0 Å². The van der Waals surface area contributed by atoms with Crippen molar-refractivity contribution in [2.75, 3.05) is 30.9 Å². The number of fused-ring (bicyclic) bond motifs is 2. The number of hydrogen-bond acceptors (Lipinski definition) is 7. The summed E-state index contributed by atoms with van der Waals surface area (Å²) in [5.74, 6) is 0.324. The lowest BCUT2D eigenvalue weighted by atomic mass is 9.91. The van der Waals surface area contributed by atoms with E-state index in [4.69, 9.17) is 4.98 Å². The van der Waals surface area contributed by atoms with Crippen LogP contribution in [0.3, 0.4) is 0 Å². The number of carbonyl (C=O) groups excluding carboxylic acids is 3. The average molecular weight is 473 g/mol. The van der Waals surface area contributed by atoms with Gasteiger partial charge >= 0.3 is 0 Å². The number of para-hydroxylation sites is 1. The quantitative estimate of drug-likeness (QED) is 0.531. The van der Waals surface area contributed by atoms with Crippen molar-refractivity contribution in [3.63, 3.8) is 0 Å². The van der Waals surface area contributed by atoms with Crippen molar-refractivity contribution in [3.05, 3.63) is 59.7 Å². The summed E-state index contributed by atoms with van der Waals surface area (Å²) in [6.07, 6.45) is 3.29. The van der Waals surface area contributed by atoms with Crippen LogP contribution in [-0.2, 0) is 4.79 Å². The van der Waals surface area contributed by atoms with E-state index in [2.05, 4.69) is 15.6 Å². The first kappa shape index (κ1) is 22.8. The number of aromatic nitrogens is 2. The molecule has 0 atom stereocenters. The lowest BCUT2D eigenvalue weighted by Gasteiger charge is -2.30. The zero-order valence-electron chi connectivity index (χ0n) is 19.8. The van der Waals surface area contributed by atoms with Gasteiger partial charge < -0.3 is 15.5 Å². The zero-order valence-corrected chi connectivity index (χ0v) is 19.8. The Morgan fingerprint density at radius 3 is 2.17 bits per heavy atom. The number of hydrogen-bond donors (Lipinski definition) is 2. The van der Waals surface area contributed by atoms with Crippen LogP contribution in [-0.4, -0.2) is 65.3 Å². The summed E-state index contributed by atoms with van der Waals surface area (Å²) in [7, 11) is 3.93. The van der Waals surface area contributed by atoms with Crippen LogP contribution in [0.4, 0.5) is 11.8 Å². The van der Waals surface area contributed by atoms with Gasteiger partial charge in [0.15, 0.2) is 0 Å². The molecule has 5 rings (SSSR count). The first-order valence-electron chi connectivity index (χ1n) is 11.9. The van der Waals surface area contributed by atoms with E-state index in [0.29, 0.717) is 17.1 Å². The average Bonchev–Trinajstić information content (AvgIpc) is 3.09. The minimum Gasteiger partial charge on any atom is -0.362 e. The molecule has 1 saturated carbocycles. The Morgan fingerprint density at radius 1 is 0.914 bits per heavy atom. The van der Waals surface area contributed by atoms with Gasteiger partial charge in [-0.25, -0.2) is 4.98 Å². The summed E-state index contributed by atoms with van der Waals surface area (Å²) in [4.78, 5) is 50.0. The smallest absolute Gasteiger partial charge is 0.262 e. The molecule has 2 N–H and O–H groups in total. The first-order chi connectivity index (χ1) is 16.9. The molecule has 9 heteroatoms. The Labute approximate surface area is 203 Å². The normalized spacial score (nSPS) is 19.5. The third-order valence-corrected chi connectivity index (χ3v) is 6.61. The molecule has 0 spiro atoms. The van der Waals surface area contributed by atoms with Gasteiger partial charge in [0.05, 0.1) is 16.6 Å². The van der Waals surface area contributed by atoms with Crippen LogP contribution < -0.4 is 15.5 Å². The second kappa shape index (κ2) is 9.32. The highest BCUT2D eigenvalue weighted by Crippen LogP contribution is 2.27. The maximum atomic E-state index is 12.6. The Balaban J connectivity index is 1.15. The SMILES string of the molecule is CN(C)c1nc(NC2CCC(NC(=O)CN3C(=O)c4ccccc4C3=O)CC2)nc2ccccc12. The fourth-order valence-corrected chi connectivity index (χ4v) is 4.83. The maximum Gasteiger partial charge on any atom is 0.262 e. The van der Waals surface area contributed by atoms with Crippen LogP contribution in [0.1, 0.15) is 46.4 Å². The van der Waals surface area contributed by atoms with E-state index in [1.807, 2.05) is 43.3 Å². The number of amides is 3. The van der Waals surface area contributed by atoms with Gasteiger partial charge in [-0.2, -0.15) is 4.98 Å². The Kier molecular flexibility index (Phi) is 6.07. The van der Waals surface area contributed by atoms with E-state index in [9.17, 15) is 14.4 Å². The lowest BCUT2D eigenvalue weighted by Crippen LogP contribution is -2.46. The van der Waals surface area contributed by atoms with Crippen LogP contribution in [0.15, 0.2) is 48.5 Å². The molecule has 0 bridgehead atoms. The minimum absolute atomic E-state index is 0.00518. The third-order valence-electron chi connectivity index (χ3n) is 6.61. The molecule has 1 aliphatic heterocycles. The molecule has 2 heterocycles. The molecule has 1 aromatic heterocycles. The summed E-state index contributed by atoms with van der Waals surface area (Å²) < 4.78 is 0. The number of anilines is 2. The van der Waals surface area contributed by atoms with Crippen molar-refractivity contribution >= 4 is 40.4 Å². The predicted molar refractivity (Wildman–Crippen MR) is 133 cm³/mol. The fourth-order valence-electron chi connectivity index (χ4n) is 4.83. The standard InChI is InChI=1S/C26H28N6O3/c1-31(2)23-20-9-5-6-10-21(20)29-26(30-23)28-17-13-11-16(12-14-17)27-22(33)15-32-24(34)18-7-3-4-8-19(18)25(32)35/h3-10,16-17H,11-15H2,1-2H3,(H,27,33)(H,28,29,30). The van der Waals surface area contributed by atoms with Crippen LogP contribution in [0.25, 0.3) is 10.9 Å². The summed E-state index contributed by atoms with van der Waals surface area (Å²) in [6, 6.07) is 14.8. The zero-order chi connectivity index (χ0) is 24.5. The van der Waals surface area contributed by atoms with Gasteiger partial charge in [0.1, 0.15) is 12.4 Å². The monoisotopic (exact) mass is 472 g/mol. The van der Waals surface area contributed by atoms with Gasteiger partial charge in [-0.1, -0.05) is 24.3 Å². The number of carbonyl (C=O) groups is 3. The van der Waals surface area contributed by atoms with E-state index >= 15 is 0 Å². The first-order valence-corrected chi connectivity index (χ1v) is 11.9. The molecular weight excluding hydrogens is 444 g/mol. The molecule has 0 radical (unpaired) electrons. The lowest BCUT2D eigenvalue weighted by molar-refractivity contribution is -0.122. The molecule has 0 saturated heterocycles. The van der Waals surface area contributed by atoms with E-state index in [1.54, 1.807) is 24.3 Å². The summed E-state index contributed by atoms with van der Waals surface area (Å²) in [5.41, 5.74) is 1.60. The summed E-state index contributed by atoms with van der Waals surface area (Å²) >= 11 is 0. The third kappa shape index (κ3) is 4.53. The number of nitrogens with zero attached hydrogens (tertiary/aromatic N) is 4. The molecule has 2 aliphatic rings. The highest BCUT2D eigenvalue weighted by atomic mass is 16.2. The van der Waals surface area contributed by atoms with Crippen molar-refractivity contribution < 1.29 is 14.4 Å². The Hall–Kier alpha value is -4.01. The molecule has 180 valence electrons. The van der Waals surface area contributed by atoms with Gasteiger partial charge in [-0.15, -0.1) is 0 Å². The Bertz CT molecular complexity index is 1260. The van der Waals surface area contributed by atoms with Crippen LogP contribution >= 0.6 is 0 Å². The van der Waals surface area contributed by atoms with E-state index in [0.717, 1.165) is 47.3 Å². The van der Waals surface area contributed by atoms with Gasteiger partial charge in [-0.3, -0.25) is 19.3 Å². The van der Waals surface area contributed by atoms with Gasteiger partial charge in [0.2, 0.25) is 11.9 Å². The molecule has 3 aromatic rings. The minimum atomic E-state index is -0.416. The van der Waals surface area contributed by atoms with Gasteiger partial charge in [0.25, 0.3) is 11.8 Å². The number of rotatable bonds is 6. The van der Waals surface area contributed by atoms with E-state index in [1.165, 1.54) is 0 Å². The maximum absolute atomic E-state index is 12.6. The van der Waals surface area contributed by atoms with Crippen molar-refractivity contribution in [2.45, 2.75) is 37.8 Å². The van der Waals surface area contributed by atoms with Crippen molar-refractivity contribution in [1.82, 2.24) is 20.2 Å². The molecule has 1 fully saturated rings. The summed E-state index contributed by atoms with van der Waals surface area (Å²) in [6.45, 7) is -0.261. The largest absolute Gasteiger partial charge is 0.362 e. The van der Waals surface area contributed by atoms with Crippen LogP contribution in [0.2, 0.25) is 0 Å². The summed E-state index contributed by atoms with van der Waals surface area (Å²) in [5, 5.41) is 7.47. The number of imide groups is 1. The fraction of sp³-hybridized carbons (Fsp3) is 0.346. The molecule has 2 aromatic carbocycles. The number of benzene rings is 2. The van der Waals surface area contributed by atoms with Crippen molar-refractivity contribution in [1.29, 1.82) is 0 Å². The van der Waals surface area contributed by atoms with E-state index < -0.39 is 11.8 Å². The van der Waals surface area contributed by atoms with Crippen molar-refractivity contribution in [2.24, 2.45) is 0 Å². The van der Waals surface area contributed by atoms with E-state index in [-0.39, 0.29) is 24.5 Å². The van der Waals surface area contributed by atoms with Crippen molar-refractivity contribution in [3.8, 4) is 0 Å². The van der Waals surface area contributed by atoms with Crippen LogP contribution in [0, 0.1) is 0 Å². The van der Waals surface area contributed by atoms with Gasteiger partial charge in [0, 0.05) is 31.6 Å². The van der Waals surface area contributed by atoms with Gasteiger partial charge in [-0.05, 0) is 49.9 Å². The predicted octanol–water partition coefficient (Wildman–Crippen LogP) is 2.83. The topological polar surface area (TPSA) is 108 Å². The Morgan fingerprint density at radius 2 is 1.51 bits per heavy atom.